The Morgan fingerprint density at radius 2 is 1.76 bits per heavy atom. The van der Waals surface area contributed by atoms with Crippen molar-refractivity contribution in [2.45, 2.75) is 70.6 Å². The van der Waals surface area contributed by atoms with Gasteiger partial charge >= 0.3 is 27.2 Å². The summed E-state index contributed by atoms with van der Waals surface area (Å²) in [6.45, 7) is 7.13. The summed E-state index contributed by atoms with van der Waals surface area (Å²) in [5, 5.41) is -1.79. The van der Waals surface area contributed by atoms with Crippen molar-refractivity contribution in [1.29, 1.82) is 0 Å². The molecule has 33 heavy (non-hydrogen) atoms. The van der Waals surface area contributed by atoms with Crippen LogP contribution in [0.5, 0.6) is 0 Å². The Kier molecular flexibility index (Phi) is 16.7. The molecule has 6 nitrogen and oxygen atoms in total. The minimum atomic E-state index is -4.54. The SMILES string of the molecule is CC.[B]C1([B])c2cc(CC)c(C(F)(F)F)cc2[C@@H](C)N1C(=O)CCC([NH-])C(N)=O.[CH3-].[O]=[V].[V]. The van der Waals surface area contributed by atoms with Crippen molar-refractivity contribution in [1.82, 2.24) is 4.90 Å². The van der Waals surface area contributed by atoms with Crippen LogP contribution >= 0.6 is 0 Å². The van der Waals surface area contributed by atoms with E-state index >= 15 is 0 Å². The number of benzene rings is 1. The van der Waals surface area contributed by atoms with Crippen LogP contribution in [0.4, 0.5) is 13.2 Å². The number of hydrogen-bond donors (Lipinski definition) is 1. The van der Waals surface area contributed by atoms with E-state index in [4.69, 9.17) is 30.8 Å². The molecule has 1 aromatic rings. The van der Waals surface area contributed by atoms with E-state index in [0.29, 0.717) is 0 Å². The second-order valence-electron chi connectivity index (χ2n) is 6.71. The molecule has 0 bridgehead atoms. The number of primary amides is 1. The second-order valence-corrected chi connectivity index (χ2v) is 6.71. The number of hydrogen-bond acceptors (Lipinski definition) is 3. The summed E-state index contributed by atoms with van der Waals surface area (Å²) in [6, 6.07) is 0.255. The van der Waals surface area contributed by atoms with Crippen LogP contribution in [0.2, 0.25) is 0 Å². The molecule has 2 amide bonds. The first-order valence-electron chi connectivity index (χ1n) is 9.65. The van der Waals surface area contributed by atoms with Crippen molar-refractivity contribution in [2.75, 3.05) is 0 Å². The Morgan fingerprint density at radius 3 is 2.15 bits per heavy atom. The van der Waals surface area contributed by atoms with Crippen LogP contribution in [-0.2, 0) is 67.1 Å². The number of nitrogens with one attached hydrogen (secondary N) is 1. The quantitative estimate of drug-likeness (QED) is 0.457. The predicted molar refractivity (Wildman–Crippen MR) is 114 cm³/mol. The summed E-state index contributed by atoms with van der Waals surface area (Å²) in [7, 11) is 12.3. The van der Waals surface area contributed by atoms with E-state index in [-0.39, 0.29) is 61.9 Å². The molecule has 0 saturated carbocycles. The molecule has 0 aliphatic carbocycles. The minimum Gasteiger partial charge on any atom is 0 e. The monoisotopic (exact) mass is 539 g/mol. The van der Waals surface area contributed by atoms with E-state index in [1.165, 1.54) is 13.0 Å². The van der Waals surface area contributed by atoms with Gasteiger partial charge in [0.05, 0.1) is 27.3 Å². The Balaban J connectivity index is -0.00000142. The zero-order valence-corrected chi connectivity index (χ0v) is 22.2. The number of carbonyl (C=O) groups excluding carboxylic acids is 2. The third-order valence-corrected chi connectivity index (χ3v) is 4.89. The number of amides is 2. The van der Waals surface area contributed by atoms with E-state index in [9.17, 15) is 22.8 Å². The topological polar surface area (TPSA) is 104 Å². The third-order valence-electron chi connectivity index (χ3n) is 4.89. The molecule has 5 radical (unpaired) electrons. The molecule has 2 rings (SSSR count). The minimum absolute atomic E-state index is 0. The molecule has 13 heteroatoms. The maximum atomic E-state index is 13.4. The first kappa shape index (κ1) is 36.6. The average molecular weight is 539 g/mol. The first-order valence-corrected chi connectivity index (χ1v) is 10.2. The zero-order chi connectivity index (χ0) is 24.7. The smallest absolute Gasteiger partial charge is 0 e. The number of alkyl halides is 3. The van der Waals surface area contributed by atoms with Gasteiger partial charge in [-0.25, -0.2) is 0 Å². The van der Waals surface area contributed by atoms with E-state index in [1.54, 1.807) is 6.92 Å². The van der Waals surface area contributed by atoms with Gasteiger partial charge in [-0.05, 0) is 41.4 Å². The molecular formula is C20H28B2F3N3O3V2-2. The van der Waals surface area contributed by atoms with E-state index < -0.39 is 41.0 Å². The van der Waals surface area contributed by atoms with E-state index in [0.717, 1.165) is 28.3 Å². The Hall–Kier alpha value is -0.991. The first-order chi connectivity index (χ1) is 14.3. The summed E-state index contributed by atoms with van der Waals surface area (Å²) >= 11 is 1.06. The normalized spacial score (nSPS) is 16.3. The summed E-state index contributed by atoms with van der Waals surface area (Å²) < 4.78 is 48.3. The van der Waals surface area contributed by atoms with Crippen LogP contribution in [0, 0.1) is 7.43 Å². The standard InChI is InChI=1S/C17H19B2F3N3O2.C2H6.CH3.O.2V/c1-3-9-6-12-10(7-11(9)17(20,21)22)8(2)25(16(12,18)19)14(26)5-4-13(23)15(24)27;1-2;;;;/h6-8,13,23H,3-5H2,1-2H3,(H2,24,27);1-2H3;1H3;;;/q-1;;-1;;;/t8-,13?;;;;;/m1...../s1. The summed E-state index contributed by atoms with van der Waals surface area (Å²) in [5.41, 5.74) is 12.2. The number of carbonyl (C=O) groups is 2. The fraction of sp³-hybridized carbons (Fsp3) is 0.550. The van der Waals surface area contributed by atoms with Crippen LogP contribution < -0.4 is 5.73 Å². The molecule has 0 saturated heterocycles. The van der Waals surface area contributed by atoms with Gasteiger partial charge in [0.15, 0.2) is 5.91 Å². The molecule has 1 aliphatic rings. The molecule has 0 aromatic heterocycles. The molecule has 0 fully saturated rings. The molecule has 1 aromatic carbocycles. The average Bonchev–Trinajstić information content (AvgIpc) is 2.92. The van der Waals surface area contributed by atoms with Gasteiger partial charge in [-0.3, -0.25) is 9.59 Å². The van der Waals surface area contributed by atoms with Gasteiger partial charge in [0, 0.05) is 25.0 Å². The Bertz CT molecular complexity index is 800. The van der Waals surface area contributed by atoms with Crippen molar-refractivity contribution in [3.63, 3.8) is 0 Å². The van der Waals surface area contributed by atoms with Crippen LogP contribution in [0.25, 0.3) is 5.73 Å². The number of fused-ring (bicyclic) bond motifs is 1. The van der Waals surface area contributed by atoms with Crippen LogP contribution in [0.15, 0.2) is 12.1 Å². The van der Waals surface area contributed by atoms with Crippen molar-refractivity contribution in [3.8, 4) is 0 Å². The zero-order valence-electron chi connectivity index (χ0n) is 19.4. The molecule has 2 atom stereocenters. The van der Waals surface area contributed by atoms with Gasteiger partial charge in [0.25, 0.3) is 0 Å². The van der Waals surface area contributed by atoms with Gasteiger partial charge in [0.2, 0.25) is 5.91 Å². The molecule has 1 heterocycles. The van der Waals surface area contributed by atoms with Crippen LogP contribution in [-0.4, -0.2) is 38.4 Å². The fourth-order valence-electron chi connectivity index (χ4n) is 3.45. The maximum Gasteiger partial charge on any atom is 0 e. The number of nitrogens with zero attached hydrogens (tertiary/aromatic N) is 1. The van der Waals surface area contributed by atoms with E-state index in [2.05, 4.69) is 0 Å². The number of aryl methyl sites for hydroxylation is 1. The maximum absolute atomic E-state index is 13.4. The van der Waals surface area contributed by atoms with E-state index in [1.807, 2.05) is 13.8 Å². The van der Waals surface area contributed by atoms with Crippen molar-refractivity contribution in [2.24, 2.45) is 5.73 Å². The molecule has 180 valence electrons. The molecule has 3 N–H and O–H groups in total. The van der Waals surface area contributed by atoms with Crippen LogP contribution in [0.3, 0.4) is 0 Å². The summed E-state index contributed by atoms with van der Waals surface area (Å²) in [4.78, 5) is 24.7. The largest absolute Gasteiger partial charge is 0 e. The molecule has 1 unspecified atom stereocenters. The van der Waals surface area contributed by atoms with Gasteiger partial charge in [-0.1, -0.05) is 39.3 Å². The number of rotatable bonds is 5. The fourth-order valence-corrected chi connectivity index (χ4v) is 3.45. The third kappa shape index (κ3) is 8.32. The molecule has 0 spiro atoms. The van der Waals surface area contributed by atoms with Gasteiger partial charge in [-0.15, -0.1) is 0 Å². The summed E-state index contributed by atoms with van der Waals surface area (Å²) in [6.07, 6.45) is -4.76. The van der Waals surface area contributed by atoms with Crippen molar-refractivity contribution in [3.05, 3.63) is 47.5 Å². The van der Waals surface area contributed by atoms with Gasteiger partial charge < -0.3 is 23.8 Å². The van der Waals surface area contributed by atoms with Crippen LogP contribution in [0.1, 0.15) is 68.8 Å². The number of halogens is 3. The summed E-state index contributed by atoms with van der Waals surface area (Å²) in [5.74, 6) is -1.43. The van der Waals surface area contributed by atoms with Gasteiger partial charge in [-0.2, -0.15) is 13.2 Å². The van der Waals surface area contributed by atoms with Gasteiger partial charge in [0.1, 0.15) is 0 Å². The number of nitrogens with two attached hydrogens (primary N) is 1. The van der Waals surface area contributed by atoms with Crippen molar-refractivity contribution >= 4 is 27.5 Å². The molecular weight excluding hydrogens is 511 g/mol. The Morgan fingerprint density at radius 1 is 1.27 bits per heavy atom. The second kappa shape index (κ2) is 15.1. The Labute approximate surface area is 218 Å². The predicted octanol–water partition coefficient (Wildman–Crippen LogP) is 3.66. The van der Waals surface area contributed by atoms with Crippen molar-refractivity contribution < 1.29 is 62.4 Å². The molecule has 1 aliphatic heterocycles.